The van der Waals surface area contributed by atoms with Crippen molar-refractivity contribution in [2.45, 2.75) is 20.8 Å². The molecule has 0 atom stereocenters. The summed E-state index contributed by atoms with van der Waals surface area (Å²) < 4.78 is 6.44. The second-order valence-electron chi connectivity index (χ2n) is 5.93. The van der Waals surface area contributed by atoms with E-state index in [9.17, 15) is 0 Å². The Hall–Kier alpha value is -2.24. The monoisotopic (exact) mass is 526 g/mol. The summed E-state index contributed by atoms with van der Waals surface area (Å²) in [6.45, 7) is 5.79. The smallest absolute Gasteiger partial charge is 0.197 e. The average Bonchev–Trinajstić information content (AvgIpc) is 3.17. The summed E-state index contributed by atoms with van der Waals surface area (Å²) in [6.07, 6.45) is 6.67. The molecule has 3 aromatic rings. The van der Waals surface area contributed by atoms with Crippen molar-refractivity contribution in [1.29, 1.82) is 10.8 Å². The van der Waals surface area contributed by atoms with E-state index in [1.165, 1.54) is 4.68 Å². The Balaban J connectivity index is 0.000000237. The Morgan fingerprint density at radius 1 is 1.14 bits per heavy atom. The van der Waals surface area contributed by atoms with E-state index < -0.39 is 0 Å². The maximum absolute atomic E-state index is 7.96. The number of aromatic nitrogens is 4. The highest BCUT2D eigenvalue weighted by Gasteiger charge is 2.07. The van der Waals surface area contributed by atoms with Gasteiger partial charge in [0.2, 0.25) is 0 Å². The van der Waals surface area contributed by atoms with Gasteiger partial charge in [-0.25, -0.2) is 9.66 Å². The normalized spacial score (nSPS) is 10.2. The van der Waals surface area contributed by atoms with Gasteiger partial charge < -0.3 is 5.84 Å². The summed E-state index contributed by atoms with van der Waals surface area (Å²) in [6, 6.07) is 3.46. The zero-order chi connectivity index (χ0) is 21.0. The van der Waals surface area contributed by atoms with E-state index in [2.05, 4.69) is 42.3 Å². The first kappa shape index (κ1) is 22.1. The third-order valence-corrected chi connectivity index (χ3v) is 6.13. The number of aryl methyl sites for hydroxylation is 2. The van der Waals surface area contributed by atoms with Gasteiger partial charge in [0.05, 0.1) is 5.69 Å². The van der Waals surface area contributed by atoms with Crippen molar-refractivity contribution in [3.05, 3.63) is 73.8 Å². The van der Waals surface area contributed by atoms with Crippen molar-refractivity contribution >= 4 is 49.2 Å². The molecule has 28 heavy (non-hydrogen) atoms. The van der Waals surface area contributed by atoms with Crippen molar-refractivity contribution in [2.75, 3.05) is 11.3 Å². The van der Waals surface area contributed by atoms with E-state index in [1.54, 1.807) is 46.3 Å². The van der Waals surface area contributed by atoms with Crippen LogP contribution in [0.15, 0.2) is 46.0 Å². The van der Waals surface area contributed by atoms with Crippen molar-refractivity contribution in [3.8, 4) is 0 Å². The maximum Gasteiger partial charge on any atom is 0.197 e. The van der Waals surface area contributed by atoms with Gasteiger partial charge in [-0.1, -0.05) is 0 Å². The lowest BCUT2D eigenvalue weighted by Crippen LogP contribution is -2.36. The summed E-state index contributed by atoms with van der Waals surface area (Å²) in [7, 11) is 0. The highest BCUT2D eigenvalue weighted by molar-refractivity contribution is 9.10. The number of imidazole rings is 1. The van der Waals surface area contributed by atoms with Crippen molar-refractivity contribution in [2.24, 2.45) is 0 Å². The van der Waals surface area contributed by atoms with Crippen LogP contribution in [-0.4, -0.2) is 24.0 Å². The Kier molecular flexibility index (Phi) is 7.33. The van der Waals surface area contributed by atoms with Gasteiger partial charge in [0.15, 0.2) is 5.11 Å². The van der Waals surface area contributed by atoms with Gasteiger partial charge in [-0.2, -0.15) is 0 Å². The van der Waals surface area contributed by atoms with Crippen LogP contribution < -0.4 is 22.2 Å². The first-order valence-corrected chi connectivity index (χ1v) is 10.0. The first-order chi connectivity index (χ1) is 13.1. The van der Waals surface area contributed by atoms with E-state index in [1.807, 2.05) is 20.8 Å². The second kappa shape index (κ2) is 9.30. The molecule has 0 amide bonds. The molecular formula is C17H20Br2N8S. The topological polar surface area (TPSA) is 113 Å². The molecule has 0 unspecified atom stereocenters. The number of nitrogens with one attached hydrogen (secondary N) is 3. The van der Waals surface area contributed by atoms with Crippen LogP contribution in [0.4, 0.5) is 0 Å². The Morgan fingerprint density at radius 2 is 1.79 bits per heavy atom. The van der Waals surface area contributed by atoms with E-state index >= 15 is 0 Å². The fourth-order valence-corrected chi connectivity index (χ4v) is 3.04. The summed E-state index contributed by atoms with van der Waals surface area (Å²) in [5, 5.41) is 15.7. The molecule has 3 heterocycles. The van der Waals surface area contributed by atoms with Gasteiger partial charge in [-0.3, -0.25) is 25.5 Å². The quantitative estimate of drug-likeness (QED) is 0.288. The zero-order valence-corrected chi connectivity index (χ0v) is 19.5. The summed E-state index contributed by atoms with van der Waals surface area (Å²) >= 11 is 12.0. The van der Waals surface area contributed by atoms with Crippen LogP contribution in [0.5, 0.6) is 0 Å². The molecule has 5 N–H and O–H groups in total. The third-order valence-electron chi connectivity index (χ3n) is 3.80. The predicted molar refractivity (Wildman–Crippen MR) is 120 cm³/mol. The highest BCUT2D eigenvalue weighted by Crippen LogP contribution is 2.17. The van der Waals surface area contributed by atoms with Crippen LogP contribution >= 0.6 is 44.1 Å². The van der Waals surface area contributed by atoms with Gasteiger partial charge in [0, 0.05) is 27.5 Å². The molecule has 0 bridgehead atoms. The predicted octanol–water partition coefficient (Wildman–Crippen LogP) is 2.67. The average molecular weight is 528 g/mol. The molecule has 0 radical (unpaired) electrons. The van der Waals surface area contributed by atoms with Gasteiger partial charge in [0.1, 0.15) is 17.3 Å². The summed E-state index contributed by atoms with van der Waals surface area (Å²) in [5.41, 5.74) is 6.58. The number of pyridine rings is 2. The molecule has 11 heteroatoms. The summed E-state index contributed by atoms with van der Waals surface area (Å²) in [5.74, 6) is 5.39. The number of hydrogen-bond donors (Lipinski definition) is 4. The Labute approximate surface area is 184 Å². The molecule has 148 valence electrons. The molecule has 0 aromatic carbocycles. The zero-order valence-electron chi connectivity index (χ0n) is 15.5. The van der Waals surface area contributed by atoms with Gasteiger partial charge >= 0.3 is 0 Å². The fraction of sp³-hybridized carbons (Fsp3) is 0.176. The van der Waals surface area contributed by atoms with Crippen LogP contribution in [0.3, 0.4) is 0 Å². The molecule has 8 nitrogen and oxygen atoms in total. The minimum atomic E-state index is 0.306. The standard InChI is InChI=1S/C11H12BrN5S.C6H8BrN3/c1-7-5-9(13)17(8(2)10(7)12)15-11(18)16-4-3-14-6-16;1-4-2-6(8)10(9)3-5(4)7/h3-6,13H,1-2H3,(H,15,18);2-3,8H,9H2,1H3. The summed E-state index contributed by atoms with van der Waals surface area (Å²) in [4.78, 5) is 3.93. The van der Waals surface area contributed by atoms with E-state index in [-0.39, 0.29) is 0 Å². The van der Waals surface area contributed by atoms with Crippen LogP contribution in [0.2, 0.25) is 0 Å². The van der Waals surface area contributed by atoms with E-state index in [0.29, 0.717) is 16.1 Å². The van der Waals surface area contributed by atoms with E-state index in [0.717, 1.165) is 25.8 Å². The lowest BCUT2D eigenvalue weighted by molar-refractivity contribution is 0.808. The van der Waals surface area contributed by atoms with Gasteiger partial charge in [0.25, 0.3) is 0 Å². The number of nitrogens with two attached hydrogens (primary N) is 1. The van der Waals surface area contributed by atoms with Crippen molar-refractivity contribution in [3.63, 3.8) is 0 Å². The number of nitrogens with zero attached hydrogens (tertiary/aromatic N) is 4. The Bertz CT molecular complexity index is 1120. The highest BCUT2D eigenvalue weighted by atomic mass is 79.9. The maximum atomic E-state index is 7.96. The van der Waals surface area contributed by atoms with E-state index in [4.69, 9.17) is 28.9 Å². The number of rotatable bonds is 1. The van der Waals surface area contributed by atoms with Crippen molar-refractivity contribution in [1.82, 2.24) is 18.9 Å². The molecule has 0 spiro atoms. The van der Waals surface area contributed by atoms with Crippen LogP contribution in [0.1, 0.15) is 16.8 Å². The molecular weight excluding hydrogens is 508 g/mol. The van der Waals surface area contributed by atoms with Crippen LogP contribution in [-0.2, 0) is 0 Å². The number of hydrogen-bond acceptors (Lipinski definition) is 5. The van der Waals surface area contributed by atoms with Gasteiger partial charge in [-0.05, 0) is 88.1 Å². The molecule has 0 fully saturated rings. The van der Waals surface area contributed by atoms with Crippen LogP contribution in [0.25, 0.3) is 0 Å². The molecule has 0 aliphatic heterocycles. The molecule has 0 aliphatic carbocycles. The van der Waals surface area contributed by atoms with Crippen molar-refractivity contribution < 1.29 is 0 Å². The Morgan fingerprint density at radius 3 is 2.36 bits per heavy atom. The number of halogens is 2. The van der Waals surface area contributed by atoms with Gasteiger partial charge in [-0.15, -0.1) is 0 Å². The molecule has 3 rings (SSSR count). The molecule has 0 saturated carbocycles. The number of nitrogen functional groups attached to an aromatic ring is 1. The SMILES string of the molecule is Cc1cc(=N)n(N)cc1Br.Cc1cc(=N)n(NC(=S)n2ccnc2)c(C)c1Br. The lowest BCUT2D eigenvalue weighted by Gasteiger charge is -2.16. The third kappa shape index (κ3) is 5.18. The lowest BCUT2D eigenvalue weighted by atomic mass is 10.2. The number of thiocarbonyl (C=S) groups is 1. The molecule has 0 aliphatic rings. The first-order valence-electron chi connectivity index (χ1n) is 8.03. The molecule has 0 saturated heterocycles. The second-order valence-corrected chi connectivity index (χ2v) is 7.97. The minimum absolute atomic E-state index is 0.306. The van der Waals surface area contributed by atoms with Crippen LogP contribution in [0, 0.1) is 31.6 Å². The minimum Gasteiger partial charge on any atom is -0.338 e. The fourth-order valence-electron chi connectivity index (χ4n) is 2.22. The largest absolute Gasteiger partial charge is 0.338 e. The molecule has 3 aromatic heterocycles.